The molecule has 1 heterocycles. The summed E-state index contributed by atoms with van der Waals surface area (Å²) in [5, 5.41) is 12.1. The Bertz CT molecular complexity index is 744. The third kappa shape index (κ3) is 4.63. The van der Waals surface area contributed by atoms with Crippen molar-refractivity contribution in [2.45, 2.75) is 45.3 Å². The van der Waals surface area contributed by atoms with E-state index >= 15 is 0 Å². The molecular formula is C22H30N2O2. The molecule has 0 spiro atoms. The van der Waals surface area contributed by atoms with E-state index in [-0.39, 0.29) is 12.0 Å². The minimum absolute atomic E-state index is 0.244. The number of fused-ring (bicyclic) bond motifs is 1. The number of benzene rings is 2. The maximum Gasteiger partial charge on any atom is 0.222 e. The predicted octanol–water partition coefficient (Wildman–Crippen LogP) is 3.08. The molecule has 2 aromatic rings. The van der Waals surface area contributed by atoms with Crippen molar-refractivity contribution in [3.63, 3.8) is 0 Å². The SMILES string of the molecule is CCC1CN(C(=O)CCc2ccc3ccccc3c2)CCN1CC(C)O. The molecular weight excluding hydrogens is 324 g/mol. The van der Waals surface area contributed by atoms with Crippen LogP contribution >= 0.6 is 0 Å². The lowest BCUT2D eigenvalue weighted by atomic mass is 10.0. The van der Waals surface area contributed by atoms with Crippen LogP contribution in [0.3, 0.4) is 0 Å². The average molecular weight is 354 g/mol. The van der Waals surface area contributed by atoms with Crippen LogP contribution in [0.4, 0.5) is 0 Å². The van der Waals surface area contributed by atoms with Crippen LogP contribution in [0.1, 0.15) is 32.3 Å². The molecule has 0 aromatic heterocycles. The summed E-state index contributed by atoms with van der Waals surface area (Å²) in [4.78, 5) is 17.0. The van der Waals surface area contributed by atoms with Crippen molar-refractivity contribution >= 4 is 16.7 Å². The first kappa shape index (κ1) is 18.9. The predicted molar refractivity (Wildman–Crippen MR) is 106 cm³/mol. The second-order valence-corrected chi connectivity index (χ2v) is 7.43. The highest BCUT2D eigenvalue weighted by atomic mass is 16.3. The number of carbonyl (C=O) groups is 1. The zero-order valence-corrected chi connectivity index (χ0v) is 15.9. The van der Waals surface area contributed by atoms with Crippen molar-refractivity contribution in [3.8, 4) is 0 Å². The normalized spacial score (nSPS) is 19.7. The fourth-order valence-electron chi connectivity index (χ4n) is 3.89. The molecule has 2 unspecified atom stereocenters. The van der Waals surface area contributed by atoms with Crippen LogP contribution in [0.5, 0.6) is 0 Å². The molecule has 1 fully saturated rings. The van der Waals surface area contributed by atoms with Crippen LogP contribution in [0.2, 0.25) is 0 Å². The van der Waals surface area contributed by atoms with Crippen LogP contribution in [-0.2, 0) is 11.2 Å². The first-order valence-corrected chi connectivity index (χ1v) is 9.74. The zero-order valence-electron chi connectivity index (χ0n) is 15.9. The molecule has 1 saturated heterocycles. The molecule has 26 heavy (non-hydrogen) atoms. The molecule has 1 aliphatic heterocycles. The number of aryl methyl sites for hydroxylation is 1. The van der Waals surface area contributed by atoms with Crippen LogP contribution in [0, 0.1) is 0 Å². The van der Waals surface area contributed by atoms with Gasteiger partial charge < -0.3 is 10.0 Å². The number of carbonyl (C=O) groups excluding carboxylic acids is 1. The highest BCUT2D eigenvalue weighted by molar-refractivity contribution is 5.83. The minimum Gasteiger partial charge on any atom is -0.392 e. The highest BCUT2D eigenvalue weighted by Crippen LogP contribution is 2.18. The van der Waals surface area contributed by atoms with Crippen LogP contribution in [-0.4, -0.2) is 59.1 Å². The van der Waals surface area contributed by atoms with Crippen molar-refractivity contribution in [1.82, 2.24) is 9.80 Å². The maximum atomic E-state index is 12.7. The van der Waals surface area contributed by atoms with Crippen LogP contribution in [0.25, 0.3) is 10.8 Å². The smallest absolute Gasteiger partial charge is 0.222 e. The summed E-state index contributed by atoms with van der Waals surface area (Å²) in [7, 11) is 0. The van der Waals surface area contributed by atoms with E-state index in [1.54, 1.807) is 0 Å². The molecule has 0 radical (unpaired) electrons. The van der Waals surface area contributed by atoms with Gasteiger partial charge in [0.2, 0.25) is 5.91 Å². The van der Waals surface area contributed by atoms with Crippen molar-refractivity contribution in [1.29, 1.82) is 0 Å². The second-order valence-electron chi connectivity index (χ2n) is 7.43. The van der Waals surface area contributed by atoms with E-state index in [0.717, 1.165) is 32.5 Å². The zero-order chi connectivity index (χ0) is 18.5. The molecule has 0 bridgehead atoms. The van der Waals surface area contributed by atoms with Gasteiger partial charge in [-0.05, 0) is 36.1 Å². The Labute approximate surface area is 156 Å². The van der Waals surface area contributed by atoms with Crippen LogP contribution < -0.4 is 0 Å². The van der Waals surface area contributed by atoms with Gasteiger partial charge in [-0.3, -0.25) is 9.69 Å². The van der Waals surface area contributed by atoms with Gasteiger partial charge in [0, 0.05) is 38.6 Å². The lowest BCUT2D eigenvalue weighted by Gasteiger charge is -2.41. The van der Waals surface area contributed by atoms with E-state index in [9.17, 15) is 9.90 Å². The summed E-state index contributed by atoms with van der Waals surface area (Å²) >= 11 is 0. The number of hydrogen-bond acceptors (Lipinski definition) is 3. The molecule has 0 aliphatic carbocycles. The van der Waals surface area contributed by atoms with E-state index in [4.69, 9.17) is 0 Å². The summed E-state index contributed by atoms with van der Waals surface area (Å²) in [6.07, 6.45) is 2.03. The average Bonchev–Trinajstić information content (AvgIpc) is 2.65. The summed E-state index contributed by atoms with van der Waals surface area (Å²) in [6.45, 7) is 7.07. The molecule has 140 valence electrons. The Morgan fingerprint density at radius 1 is 1.19 bits per heavy atom. The van der Waals surface area contributed by atoms with E-state index in [2.05, 4.69) is 48.2 Å². The topological polar surface area (TPSA) is 43.8 Å². The molecule has 1 N–H and O–H groups in total. The molecule has 4 nitrogen and oxygen atoms in total. The Morgan fingerprint density at radius 3 is 2.69 bits per heavy atom. The van der Waals surface area contributed by atoms with Gasteiger partial charge in [-0.2, -0.15) is 0 Å². The third-order valence-electron chi connectivity index (χ3n) is 5.37. The number of hydrogen-bond donors (Lipinski definition) is 1. The number of β-amino-alcohol motifs (C(OH)–C–C–N with tert-alkyl or cyclic N) is 1. The molecule has 1 amide bonds. The summed E-state index contributed by atoms with van der Waals surface area (Å²) in [5.41, 5.74) is 1.22. The number of aliphatic hydroxyl groups is 1. The lowest BCUT2D eigenvalue weighted by molar-refractivity contribution is -0.134. The molecule has 4 heteroatoms. The molecule has 3 rings (SSSR count). The van der Waals surface area contributed by atoms with Gasteiger partial charge in [-0.15, -0.1) is 0 Å². The van der Waals surface area contributed by atoms with Crippen molar-refractivity contribution in [3.05, 3.63) is 48.0 Å². The van der Waals surface area contributed by atoms with Gasteiger partial charge in [0.05, 0.1) is 6.10 Å². The quantitative estimate of drug-likeness (QED) is 0.867. The van der Waals surface area contributed by atoms with E-state index in [0.29, 0.717) is 19.0 Å². The van der Waals surface area contributed by atoms with Crippen molar-refractivity contribution < 1.29 is 9.90 Å². The molecule has 1 aliphatic rings. The number of aliphatic hydroxyl groups excluding tert-OH is 1. The molecule has 0 saturated carbocycles. The van der Waals surface area contributed by atoms with E-state index in [1.165, 1.54) is 16.3 Å². The Kier molecular flexibility index (Phi) is 6.28. The second kappa shape index (κ2) is 8.65. The first-order valence-electron chi connectivity index (χ1n) is 9.74. The Balaban J connectivity index is 1.56. The van der Waals surface area contributed by atoms with Gasteiger partial charge >= 0.3 is 0 Å². The summed E-state index contributed by atoms with van der Waals surface area (Å²) in [5.74, 6) is 0.244. The monoisotopic (exact) mass is 354 g/mol. The van der Waals surface area contributed by atoms with Gasteiger partial charge in [-0.25, -0.2) is 0 Å². The largest absolute Gasteiger partial charge is 0.392 e. The summed E-state index contributed by atoms with van der Waals surface area (Å²) < 4.78 is 0. The third-order valence-corrected chi connectivity index (χ3v) is 5.37. The first-order chi connectivity index (χ1) is 12.6. The molecule has 2 aromatic carbocycles. The Hall–Kier alpha value is -1.91. The fourth-order valence-corrected chi connectivity index (χ4v) is 3.89. The minimum atomic E-state index is -0.320. The van der Waals surface area contributed by atoms with Crippen molar-refractivity contribution in [2.75, 3.05) is 26.2 Å². The van der Waals surface area contributed by atoms with E-state index < -0.39 is 0 Å². The molecule has 2 atom stereocenters. The maximum absolute atomic E-state index is 12.7. The van der Waals surface area contributed by atoms with Crippen molar-refractivity contribution in [2.24, 2.45) is 0 Å². The van der Waals surface area contributed by atoms with Gasteiger partial charge in [-0.1, -0.05) is 49.4 Å². The number of nitrogens with zero attached hydrogens (tertiary/aromatic N) is 2. The summed E-state index contributed by atoms with van der Waals surface area (Å²) in [6, 6.07) is 15.1. The number of amides is 1. The Morgan fingerprint density at radius 2 is 1.96 bits per heavy atom. The lowest BCUT2D eigenvalue weighted by Crippen LogP contribution is -2.55. The van der Waals surface area contributed by atoms with Gasteiger partial charge in [0.1, 0.15) is 0 Å². The number of rotatable bonds is 6. The highest BCUT2D eigenvalue weighted by Gasteiger charge is 2.28. The fraction of sp³-hybridized carbons (Fsp3) is 0.500. The standard InChI is InChI=1S/C22H30N2O2/c1-3-21-16-24(13-12-23(21)15-17(2)25)22(26)11-9-18-8-10-19-6-4-5-7-20(19)14-18/h4-8,10,14,17,21,25H,3,9,11-13,15-16H2,1-2H3. The van der Waals surface area contributed by atoms with Gasteiger partial charge in [0.15, 0.2) is 0 Å². The van der Waals surface area contributed by atoms with Crippen LogP contribution in [0.15, 0.2) is 42.5 Å². The number of piperazine rings is 1. The van der Waals surface area contributed by atoms with E-state index in [1.807, 2.05) is 17.9 Å². The van der Waals surface area contributed by atoms with Gasteiger partial charge in [0.25, 0.3) is 0 Å².